The molecule has 34 heavy (non-hydrogen) atoms. The van der Waals surface area contributed by atoms with E-state index in [9.17, 15) is 18.0 Å². The molecule has 0 saturated heterocycles. The molecule has 12 heteroatoms. The van der Waals surface area contributed by atoms with E-state index in [1.54, 1.807) is 31.4 Å². The van der Waals surface area contributed by atoms with Gasteiger partial charge in [-0.05, 0) is 42.5 Å². The lowest BCUT2D eigenvalue weighted by Crippen LogP contribution is -2.28. The molecule has 0 saturated carbocycles. The first kappa shape index (κ1) is 25.4. The van der Waals surface area contributed by atoms with Crippen molar-refractivity contribution in [1.29, 1.82) is 0 Å². The average Bonchev–Trinajstić information content (AvgIpc) is 3.24. The van der Waals surface area contributed by atoms with Crippen molar-refractivity contribution in [1.82, 2.24) is 20.1 Å². The molecule has 0 unspecified atom stereocenters. The zero-order valence-corrected chi connectivity index (χ0v) is 19.3. The molecule has 1 heterocycles. The third-order valence-corrected chi connectivity index (χ3v) is 5.45. The molecule has 0 aliphatic heterocycles. The summed E-state index contributed by atoms with van der Waals surface area (Å²) in [5.74, 6) is 1.18. The number of ether oxygens (including phenoxy) is 3. The van der Waals surface area contributed by atoms with Crippen LogP contribution in [0.15, 0.2) is 53.7 Å². The summed E-state index contributed by atoms with van der Waals surface area (Å²) < 4.78 is 57.1. The van der Waals surface area contributed by atoms with Crippen LogP contribution in [0, 0.1) is 0 Å². The van der Waals surface area contributed by atoms with Crippen molar-refractivity contribution < 1.29 is 32.2 Å². The Morgan fingerprint density at radius 1 is 1.09 bits per heavy atom. The molecule has 0 atom stereocenters. The highest BCUT2D eigenvalue weighted by atomic mass is 32.2. The van der Waals surface area contributed by atoms with Gasteiger partial charge in [0.05, 0.1) is 30.7 Å². The van der Waals surface area contributed by atoms with Gasteiger partial charge in [0.1, 0.15) is 18.1 Å². The molecular weight excluding hydrogens is 473 g/mol. The molecule has 3 aromatic rings. The molecule has 2 aromatic carbocycles. The highest BCUT2D eigenvalue weighted by Gasteiger charge is 2.31. The van der Waals surface area contributed by atoms with E-state index in [1.165, 1.54) is 23.8 Å². The number of nitrogens with one attached hydrogen (secondary N) is 1. The zero-order valence-electron chi connectivity index (χ0n) is 18.5. The van der Waals surface area contributed by atoms with Crippen LogP contribution < -0.4 is 14.8 Å². The highest BCUT2D eigenvalue weighted by molar-refractivity contribution is 7.99. The standard InChI is InChI=1S/C22H23F3N4O4S/c1-31-11-10-26-20(30)14-34-21-28-27-19(13-33-18-8-6-17(32-2)7-9-18)29(21)16-5-3-4-15(12-16)22(23,24)25/h3-9,12H,10-11,13-14H2,1-2H3,(H,26,30). The Morgan fingerprint density at radius 2 is 1.82 bits per heavy atom. The first-order valence-corrected chi connectivity index (χ1v) is 11.1. The smallest absolute Gasteiger partial charge is 0.416 e. The average molecular weight is 497 g/mol. The summed E-state index contributed by atoms with van der Waals surface area (Å²) >= 11 is 1.05. The molecule has 0 bridgehead atoms. The maximum Gasteiger partial charge on any atom is 0.416 e. The van der Waals surface area contributed by atoms with Gasteiger partial charge in [0, 0.05) is 13.7 Å². The number of carbonyl (C=O) groups excluding carboxylic acids is 1. The third-order valence-electron chi connectivity index (χ3n) is 4.52. The lowest BCUT2D eigenvalue weighted by atomic mass is 10.2. The number of rotatable bonds is 11. The van der Waals surface area contributed by atoms with Gasteiger partial charge in [0.15, 0.2) is 11.0 Å². The summed E-state index contributed by atoms with van der Waals surface area (Å²) in [6, 6.07) is 11.6. The second kappa shape index (κ2) is 11.7. The summed E-state index contributed by atoms with van der Waals surface area (Å²) in [5, 5.41) is 11.1. The molecule has 3 rings (SSSR count). The van der Waals surface area contributed by atoms with Crippen LogP contribution in [-0.2, 0) is 22.3 Å². The number of methoxy groups -OCH3 is 2. The summed E-state index contributed by atoms with van der Waals surface area (Å²) in [6.45, 7) is 0.650. The van der Waals surface area contributed by atoms with Crippen LogP contribution in [0.4, 0.5) is 13.2 Å². The lowest BCUT2D eigenvalue weighted by Gasteiger charge is -2.13. The molecule has 8 nitrogen and oxygen atoms in total. The normalized spacial score (nSPS) is 11.3. The third kappa shape index (κ3) is 6.87. The predicted molar refractivity (Wildman–Crippen MR) is 119 cm³/mol. The summed E-state index contributed by atoms with van der Waals surface area (Å²) in [5.41, 5.74) is -0.607. The van der Waals surface area contributed by atoms with Gasteiger partial charge in [0.2, 0.25) is 5.91 Å². The second-order valence-electron chi connectivity index (χ2n) is 6.88. The minimum absolute atomic E-state index is 0.000145. The van der Waals surface area contributed by atoms with Crippen molar-refractivity contribution in [2.75, 3.05) is 33.1 Å². The van der Waals surface area contributed by atoms with Crippen LogP contribution in [-0.4, -0.2) is 53.8 Å². The van der Waals surface area contributed by atoms with E-state index in [1.807, 2.05) is 0 Å². The highest BCUT2D eigenvalue weighted by Crippen LogP contribution is 2.32. The Morgan fingerprint density at radius 3 is 2.50 bits per heavy atom. The molecule has 182 valence electrons. The van der Waals surface area contributed by atoms with Gasteiger partial charge in [-0.3, -0.25) is 9.36 Å². The fourth-order valence-corrected chi connectivity index (χ4v) is 3.66. The fraction of sp³-hybridized carbons (Fsp3) is 0.318. The van der Waals surface area contributed by atoms with Gasteiger partial charge < -0.3 is 19.5 Å². The number of nitrogens with zero attached hydrogens (tertiary/aromatic N) is 3. The molecule has 0 spiro atoms. The van der Waals surface area contributed by atoms with Crippen LogP contribution in [0.25, 0.3) is 5.69 Å². The Kier molecular flexibility index (Phi) is 8.77. The van der Waals surface area contributed by atoms with Crippen molar-refractivity contribution in [3.05, 3.63) is 59.9 Å². The van der Waals surface area contributed by atoms with E-state index < -0.39 is 11.7 Å². The molecule has 1 N–H and O–H groups in total. The number of alkyl halides is 3. The van der Waals surface area contributed by atoms with Crippen molar-refractivity contribution >= 4 is 17.7 Å². The molecule has 0 radical (unpaired) electrons. The van der Waals surface area contributed by atoms with E-state index >= 15 is 0 Å². The van der Waals surface area contributed by atoms with Gasteiger partial charge in [-0.1, -0.05) is 17.8 Å². The summed E-state index contributed by atoms with van der Waals surface area (Å²) in [7, 11) is 3.07. The van der Waals surface area contributed by atoms with Crippen LogP contribution in [0.5, 0.6) is 11.5 Å². The Bertz CT molecular complexity index is 1090. The zero-order chi connectivity index (χ0) is 24.6. The Hall–Kier alpha value is -3.25. The molecule has 0 fully saturated rings. The molecule has 1 amide bonds. The first-order valence-electron chi connectivity index (χ1n) is 10.1. The van der Waals surface area contributed by atoms with Gasteiger partial charge in [-0.15, -0.1) is 10.2 Å². The number of thioether (sulfide) groups is 1. The summed E-state index contributed by atoms with van der Waals surface area (Å²) in [6.07, 6.45) is -4.52. The number of amides is 1. The number of hydrogen-bond donors (Lipinski definition) is 1. The maximum atomic E-state index is 13.3. The largest absolute Gasteiger partial charge is 0.497 e. The van der Waals surface area contributed by atoms with Crippen molar-refractivity contribution in [3.8, 4) is 17.2 Å². The number of carbonyl (C=O) groups is 1. The second-order valence-corrected chi connectivity index (χ2v) is 7.82. The minimum atomic E-state index is -4.52. The monoisotopic (exact) mass is 496 g/mol. The van der Waals surface area contributed by atoms with Crippen LogP contribution in [0.2, 0.25) is 0 Å². The van der Waals surface area contributed by atoms with E-state index in [4.69, 9.17) is 14.2 Å². The van der Waals surface area contributed by atoms with Gasteiger partial charge in [0.25, 0.3) is 0 Å². The predicted octanol–water partition coefficient (Wildman–Crippen LogP) is 3.73. The quantitative estimate of drug-likeness (QED) is 0.320. The van der Waals surface area contributed by atoms with Gasteiger partial charge in [-0.2, -0.15) is 13.2 Å². The van der Waals surface area contributed by atoms with Crippen LogP contribution >= 0.6 is 11.8 Å². The topological polar surface area (TPSA) is 87.5 Å². The van der Waals surface area contributed by atoms with Crippen molar-refractivity contribution in [2.24, 2.45) is 0 Å². The molecule has 0 aliphatic carbocycles. The number of benzene rings is 2. The van der Waals surface area contributed by atoms with Gasteiger partial charge >= 0.3 is 6.18 Å². The van der Waals surface area contributed by atoms with Gasteiger partial charge in [-0.25, -0.2) is 0 Å². The lowest BCUT2D eigenvalue weighted by molar-refractivity contribution is -0.137. The Labute approximate surface area is 198 Å². The summed E-state index contributed by atoms with van der Waals surface area (Å²) in [4.78, 5) is 12.1. The van der Waals surface area contributed by atoms with Crippen LogP contribution in [0.3, 0.4) is 0 Å². The first-order chi connectivity index (χ1) is 16.3. The van der Waals surface area contributed by atoms with Crippen molar-refractivity contribution in [3.63, 3.8) is 0 Å². The fourth-order valence-electron chi connectivity index (χ4n) is 2.86. The number of aromatic nitrogens is 3. The minimum Gasteiger partial charge on any atom is -0.497 e. The number of halogens is 3. The number of hydrogen-bond acceptors (Lipinski definition) is 7. The van der Waals surface area contributed by atoms with E-state index in [0.717, 1.165) is 23.9 Å². The Balaban J connectivity index is 1.84. The van der Waals surface area contributed by atoms with E-state index in [2.05, 4.69) is 15.5 Å². The van der Waals surface area contributed by atoms with E-state index in [-0.39, 0.29) is 34.9 Å². The molecule has 1 aromatic heterocycles. The molecule has 0 aliphatic rings. The SMILES string of the molecule is COCCNC(=O)CSc1nnc(COc2ccc(OC)cc2)n1-c1cccc(C(F)(F)F)c1. The van der Waals surface area contributed by atoms with E-state index in [0.29, 0.717) is 24.7 Å². The van der Waals surface area contributed by atoms with Crippen LogP contribution in [0.1, 0.15) is 11.4 Å². The molecular formula is C22H23F3N4O4S. The maximum absolute atomic E-state index is 13.3. The van der Waals surface area contributed by atoms with Crippen molar-refractivity contribution in [2.45, 2.75) is 17.9 Å².